The van der Waals surface area contributed by atoms with E-state index in [1.54, 1.807) is 6.07 Å². The normalized spacial score (nSPS) is 11.1. The maximum Gasteiger partial charge on any atom is 0.140 e. The topological polar surface area (TPSA) is 25.8 Å². The minimum Gasteiger partial charge on any atom is -0.226 e. The number of hydrogen-bond donors (Lipinski definition) is 0. The third kappa shape index (κ3) is 3.64. The molecule has 0 unspecified atom stereocenters. The van der Waals surface area contributed by atoms with Gasteiger partial charge >= 0.3 is 0 Å². The lowest BCUT2D eigenvalue weighted by atomic mass is 10.2. The Kier molecular flexibility index (Phi) is 4.37. The van der Waals surface area contributed by atoms with Crippen LogP contribution in [0.5, 0.6) is 0 Å². The molecule has 0 atom stereocenters. The SMILES string of the molecule is CC(C)c1nc(Cl)cc(Sc2ccc(F)cc2F)n1. The first-order valence-corrected chi connectivity index (χ1v) is 6.82. The third-order valence-corrected chi connectivity index (χ3v) is 3.48. The number of nitrogens with zero attached hydrogens (tertiary/aromatic N) is 2. The molecule has 19 heavy (non-hydrogen) atoms. The van der Waals surface area contributed by atoms with Gasteiger partial charge in [-0.1, -0.05) is 37.2 Å². The van der Waals surface area contributed by atoms with Crippen molar-refractivity contribution in [1.29, 1.82) is 0 Å². The molecule has 0 aliphatic rings. The molecule has 6 heteroatoms. The fraction of sp³-hybridized carbons (Fsp3) is 0.231. The van der Waals surface area contributed by atoms with Crippen molar-refractivity contribution in [3.63, 3.8) is 0 Å². The van der Waals surface area contributed by atoms with E-state index in [4.69, 9.17) is 11.6 Å². The molecule has 100 valence electrons. The molecule has 2 aromatic rings. The van der Waals surface area contributed by atoms with Crippen LogP contribution in [0.2, 0.25) is 5.15 Å². The Balaban J connectivity index is 2.32. The Morgan fingerprint density at radius 3 is 2.53 bits per heavy atom. The minimum atomic E-state index is -0.620. The van der Waals surface area contributed by atoms with Gasteiger partial charge < -0.3 is 0 Å². The molecular formula is C13H11ClF2N2S. The van der Waals surface area contributed by atoms with Crippen molar-refractivity contribution in [2.24, 2.45) is 0 Å². The van der Waals surface area contributed by atoms with Gasteiger partial charge in [0, 0.05) is 22.9 Å². The highest BCUT2D eigenvalue weighted by atomic mass is 35.5. The molecule has 0 saturated carbocycles. The van der Waals surface area contributed by atoms with E-state index in [1.807, 2.05) is 13.8 Å². The van der Waals surface area contributed by atoms with Crippen LogP contribution in [0, 0.1) is 11.6 Å². The lowest BCUT2D eigenvalue weighted by molar-refractivity contribution is 0.565. The summed E-state index contributed by atoms with van der Waals surface area (Å²) in [6, 6.07) is 4.98. The summed E-state index contributed by atoms with van der Waals surface area (Å²) >= 11 is 7.00. The van der Waals surface area contributed by atoms with E-state index in [-0.39, 0.29) is 5.92 Å². The Morgan fingerprint density at radius 2 is 1.89 bits per heavy atom. The van der Waals surface area contributed by atoms with Gasteiger partial charge in [-0.25, -0.2) is 18.7 Å². The number of benzene rings is 1. The summed E-state index contributed by atoms with van der Waals surface area (Å²) in [6.07, 6.45) is 0. The maximum absolute atomic E-state index is 13.6. The highest BCUT2D eigenvalue weighted by molar-refractivity contribution is 7.99. The van der Waals surface area contributed by atoms with Gasteiger partial charge in [0.05, 0.1) is 0 Å². The predicted molar refractivity (Wildman–Crippen MR) is 71.6 cm³/mol. The van der Waals surface area contributed by atoms with Crippen LogP contribution in [-0.2, 0) is 0 Å². The lowest BCUT2D eigenvalue weighted by Gasteiger charge is -2.07. The molecule has 0 fully saturated rings. The molecule has 2 nitrogen and oxygen atoms in total. The zero-order valence-corrected chi connectivity index (χ0v) is 11.9. The molecule has 0 radical (unpaired) electrons. The second-order valence-corrected chi connectivity index (χ2v) is 5.67. The molecular weight excluding hydrogens is 290 g/mol. The van der Waals surface area contributed by atoms with Crippen molar-refractivity contribution in [2.45, 2.75) is 29.7 Å². The highest BCUT2D eigenvalue weighted by Crippen LogP contribution is 2.30. The zero-order valence-electron chi connectivity index (χ0n) is 10.3. The first-order chi connectivity index (χ1) is 8.95. The van der Waals surface area contributed by atoms with E-state index < -0.39 is 11.6 Å². The summed E-state index contributed by atoms with van der Waals surface area (Å²) in [5.41, 5.74) is 0. The van der Waals surface area contributed by atoms with Crippen molar-refractivity contribution in [3.8, 4) is 0 Å². The Hall–Kier alpha value is -1.20. The van der Waals surface area contributed by atoms with Gasteiger partial charge in [-0.3, -0.25) is 0 Å². The van der Waals surface area contributed by atoms with Crippen LogP contribution >= 0.6 is 23.4 Å². The van der Waals surface area contributed by atoms with Crippen LogP contribution in [0.25, 0.3) is 0 Å². The van der Waals surface area contributed by atoms with E-state index in [2.05, 4.69) is 9.97 Å². The molecule has 0 aliphatic carbocycles. The number of halogens is 3. The number of hydrogen-bond acceptors (Lipinski definition) is 3. The van der Waals surface area contributed by atoms with Crippen LogP contribution in [0.4, 0.5) is 8.78 Å². The second kappa shape index (κ2) is 5.84. The van der Waals surface area contributed by atoms with Gasteiger partial charge in [0.15, 0.2) is 0 Å². The molecule has 0 saturated heterocycles. The van der Waals surface area contributed by atoms with Gasteiger partial charge in [-0.2, -0.15) is 0 Å². The monoisotopic (exact) mass is 300 g/mol. The molecule has 1 aromatic heterocycles. The average Bonchev–Trinajstić information content (AvgIpc) is 2.32. The summed E-state index contributed by atoms with van der Waals surface area (Å²) < 4.78 is 26.4. The van der Waals surface area contributed by atoms with Crippen LogP contribution in [0.15, 0.2) is 34.2 Å². The van der Waals surface area contributed by atoms with E-state index >= 15 is 0 Å². The standard InChI is InChI=1S/C13H11ClF2N2S/c1-7(2)13-17-11(14)6-12(18-13)19-10-4-3-8(15)5-9(10)16/h3-7H,1-2H3. The zero-order chi connectivity index (χ0) is 14.0. The summed E-state index contributed by atoms with van der Waals surface area (Å²) in [7, 11) is 0. The van der Waals surface area contributed by atoms with Crippen LogP contribution < -0.4 is 0 Å². The van der Waals surface area contributed by atoms with Crippen molar-refractivity contribution >= 4 is 23.4 Å². The van der Waals surface area contributed by atoms with E-state index in [0.29, 0.717) is 20.9 Å². The maximum atomic E-state index is 13.6. The van der Waals surface area contributed by atoms with Crippen LogP contribution in [-0.4, -0.2) is 9.97 Å². The van der Waals surface area contributed by atoms with Crippen molar-refractivity contribution in [1.82, 2.24) is 9.97 Å². The van der Waals surface area contributed by atoms with Crippen molar-refractivity contribution in [3.05, 3.63) is 46.9 Å². The van der Waals surface area contributed by atoms with Gasteiger partial charge in [0.2, 0.25) is 0 Å². The predicted octanol–water partition coefficient (Wildman–Crippen LogP) is 4.68. The molecule has 0 amide bonds. The van der Waals surface area contributed by atoms with Gasteiger partial charge in [-0.15, -0.1) is 0 Å². The molecule has 2 rings (SSSR count). The van der Waals surface area contributed by atoms with Gasteiger partial charge in [0.1, 0.15) is 27.6 Å². The highest BCUT2D eigenvalue weighted by Gasteiger charge is 2.11. The number of rotatable bonds is 3. The number of aromatic nitrogens is 2. The Labute approximate surface area is 119 Å². The summed E-state index contributed by atoms with van der Waals surface area (Å²) in [5, 5.41) is 0.845. The van der Waals surface area contributed by atoms with Crippen LogP contribution in [0.1, 0.15) is 25.6 Å². The first-order valence-electron chi connectivity index (χ1n) is 5.63. The first kappa shape index (κ1) is 14.2. The summed E-state index contributed by atoms with van der Waals surface area (Å²) in [6.45, 7) is 3.89. The quantitative estimate of drug-likeness (QED) is 0.770. The van der Waals surface area contributed by atoms with E-state index in [0.717, 1.165) is 17.8 Å². The molecule has 0 bridgehead atoms. The smallest absolute Gasteiger partial charge is 0.140 e. The second-order valence-electron chi connectivity index (χ2n) is 4.22. The Morgan fingerprint density at radius 1 is 1.16 bits per heavy atom. The third-order valence-electron chi connectivity index (χ3n) is 2.31. The molecule has 1 aromatic carbocycles. The van der Waals surface area contributed by atoms with Crippen LogP contribution in [0.3, 0.4) is 0 Å². The van der Waals surface area contributed by atoms with Crippen molar-refractivity contribution < 1.29 is 8.78 Å². The lowest BCUT2D eigenvalue weighted by Crippen LogP contribution is -1.98. The minimum absolute atomic E-state index is 0.121. The van der Waals surface area contributed by atoms with Gasteiger partial charge in [-0.05, 0) is 12.1 Å². The summed E-state index contributed by atoms with van der Waals surface area (Å²) in [4.78, 5) is 8.69. The molecule has 1 heterocycles. The largest absolute Gasteiger partial charge is 0.226 e. The molecule has 0 spiro atoms. The fourth-order valence-corrected chi connectivity index (χ4v) is 2.48. The summed E-state index contributed by atoms with van der Waals surface area (Å²) in [5.74, 6) is -0.509. The van der Waals surface area contributed by atoms with E-state index in [1.165, 1.54) is 12.1 Å². The molecule has 0 N–H and O–H groups in total. The van der Waals surface area contributed by atoms with E-state index in [9.17, 15) is 8.78 Å². The molecule has 0 aliphatic heterocycles. The average molecular weight is 301 g/mol. The Bertz CT molecular complexity index is 605. The van der Waals surface area contributed by atoms with Crippen molar-refractivity contribution in [2.75, 3.05) is 0 Å². The fourth-order valence-electron chi connectivity index (χ4n) is 1.39. The van der Waals surface area contributed by atoms with Gasteiger partial charge in [0.25, 0.3) is 0 Å².